The van der Waals surface area contributed by atoms with Crippen LogP contribution in [0.2, 0.25) is 0 Å². The maximum Gasteiger partial charge on any atom is 0.278 e. The Labute approximate surface area is 175 Å². The minimum absolute atomic E-state index is 0.157. The Morgan fingerprint density at radius 3 is 2.53 bits per heavy atom. The normalized spacial score (nSPS) is 16.0. The molecule has 0 radical (unpaired) electrons. The number of nitrogens with zero attached hydrogens (tertiary/aromatic N) is 2. The number of para-hydroxylation sites is 1. The van der Waals surface area contributed by atoms with E-state index >= 15 is 0 Å². The molecule has 4 rings (SSSR count). The van der Waals surface area contributed by atoms with E-state index in [-0.39, 0.29) is 24.3 Å². The van der Waals surface area contributed by atoms with E-state index in [0.29, 0.717) is 29.1 Å². The van der Waals surface area contributed by atoms with Crippen molar-refractivity contribution in [2.24, 2.45) is 0 Å². The summed E-state index contributed by atoms with van der Waals surface area (Å²) >= 11 is 0. The highest BCUT2D eigenvalue weighted by Gasteiger charge is 2.42. The minimum Gasteiger partial charge on any atom is -0.336 e. The van der Waals surface area contributed by atoms with Crippen molar-refractivity contribution in [3.63, 3.8) is 0 Å². The van der Waals surface area contributed by atoms with E-state index in [4.69, 9.17) is 0 Å². The number of hydrogen-bond acceptors (Lipinski definition) is 4. The molecule has 6 heteroatoms. The highest BCUT2D eigenvalue weighted by molar-refractivity contribution is 6.36. The molecule has 2 aromatic carbocycles. The van der Waals surface area contributed by atoms with E-state index in [1.807, 2.05) is 23.1 Å². The second-order valence-corrected chi connectivity index (χ2v) is 7.38. The first-order valence-corrected chi connectivity index (χ1v) is 9.96. The number of imide groups is 1. The first-order valence-electron chi connectivity index (χ1n) is 9.96. The highest BCUT2D eigenvalue weighted by Crippen LogP contribution is 2.38. The molecule has 0 aliphatic carbocycles. The smallest absolute Gasteiger partial charge is 0.278 e. The lowest BCUT2D eigenvalue weighted by Crippen LogP contribution is -2.37. The first-order chi connectivity index (χ1) is 14.5. The number of anilines is 2. The van der Waals surface area contributed by atoms with Gasteiger partial charge in [-0.3, -0.25) is 19.3 Å². The molecule has 30 heavy (non-hydrogen) atoms. The molecule has 1 N–H and O–H groups in total. The van der Waals surface area contributed by atoms with Gasteiger partial charge in [0.2, 0.25) is 5.91 Å². The van der Waals surface area contributed by atoms with Gasteiger partial charge in [-0.15, -0.1) is 6.58 Å². The van der Waals surface area contributed by atoms with Crippen LogP contribution in [0.25, 0.3) is 5.57 Å². The number of nitrogens with one attached hydrogen (secondary N) is 1. The summed E-state index contributed by atoms with van der Waals surface area (Å²) in [5, 5.41) is 2.72. The monoisotopic (exact) mass is 401 g/mol. The van der Waals surface area contributed by atoms with Gasteiger partial charge in [-0.2, -0.15) is 0 Å². The number of hydrogen-bond donors (Lipinski definition) is 1. The SMILES string of the molecule is C=CCN1C(=O)C(c2ccc(NC(C)=O)cc2)=C(N2CCCc3ccccc32)C1=O. The van der Waals surface area contributed by atoms with Gasteiger partial charge in [-0.05, 0) is 42.2 Å². The number of fused-ring (bicyclic) bond motifs is 1. The van der Waals surface area contributed by atoms with Gasteiger partial charge < -0.3 is 10.2 Å². The van der Waals surface area contributed by atoms with Crippen molar-refractivity contribution >= 4 is 34.7 Å². The Kier molecular flexibility index (Phi) is 5.23. The average molecular weight is 401 g/mol. The fourth-order valence-corrected chi connectivity index (χ4v) is 4.06. The average Bonchev–Trinajstić information content (AvgIpc) is 2.98. The van der Waals surface area contributed by atoms with E-state index < -0.39 is 0 Å². The second-order valence-electron chi connectivity index (χ2n) is 7.38. The van der Waals surface area contributed by atoms with Crippen molar-refractivity contribution in [3.8, 4) is 0 Å². The predicted octanol–water partition coefficient (Wildman–Crippen LogP) is 3.36. The zero-order chi connectivity index (χ0) is 21.3. The Morgan fingerprint density at radius 2 is 1.83 bits per heavy atom. The van der Waals surface area contributed by atoms with E-state index in [9.17, 15) is 14.4 Å². The number of rotatable bonds is 5. The molecule has 0 saturated heterocycles. The minimum atomic E-state index is -0.328. The fraction of sp³-hybridized carbons (Fsp3) is 0.208. The summed E-state index contributed by atoms with van der Waals surface area (Å²) in [5.74, 6) is -0.806. The lowest BCUT2D eigenvalue weighted by atomic mass is 9.98. The Bertz CT molecular complexity index is 1070. The largest absolute Gasteiger partial charge is 0.336 e. The lowest BCUT2D eigenvalue weighted by molar-refractivity contribution is -0.136. The second kappa shape index (κ2) is 7.99. The Balaban J connectivity index is 1.83. The number of carbonyl (C=O) groups excluding carboxylic acids is 3. The quantitative estimate of drug-likeness (QED) is 0.616. The van der Waals surface area contributed by atoms with Crippen LogP contribution in [0.1, 0.15) is 24.5 Å². The van der Waals surface area contributed by atoms with Crippen LogP contribution in [0.5, 0.6) is 0 Å². The van der Waals surface area contributed by atoms with Crippen LogP contribution in [-0.4, -0.2) is 35.7 Å². The molecule has 2 aromatic rings. The molecule has 0 bridgehead atoms. The summed E-state index contributed by atoms with van der Waals surface area (Å²) in [5.41, 5.74) is 4.20. The number of benzene rings is 2. The van der Waals surface area contributed by atoms with E-state index in [0.717, 1.165) is 18.5 Å². The van der Waals surface area contributed by atoms with Gasteiger partial charge in [-0.25, -0.2) is 0 Å². The van der Waals surface area contributed by atoms with Gasteiger partial charge >= 0.3 is 0 Å². The van der Waals surface area contributed by atoms with Gasteiger partial charge in [0.25, 0.3) is 11.8 Å². The predicted molar refractivity (Wildman–Crippen MR) is 117 cm³/mol. The van der Waals surface area contributed by atoms with Crippen molar-refractivity contribution < 1.29 is 14.4 Å². The molecule has 0 atom stereocenters. The summed E-state index contributed by atoms with van der Waals surface area (Å²) in [6.45, 7) is 5.95. The number of carbonyl (C=O) groups is 3. The molecule has 6 nitrogen and oxygen atoms in total. The third kappa shape index (κ3) is 3.41. The van der Waals surface area contributed by atoms with E-state index in [2.05, 4.69) is 18.0 Å². The van der Waals surface area contributed by atoms with Crippen molar-refractivity contribution in [1.82, 2.24) is 4.90 Å². The molecule has 0 aromatic heterocycles. The molecule has 2 aliphatic heterocycles. The molecule has 2 aliphatic rings. The summed E-state index contributed by atoms with van der Waals surface area (Å²) in [7, 11) is 0. The molecule has 3 amide bonds. The van der Waals surface area contributed by atoms with E-state index in [1.165, 1.54) is 17.4 Å². The zero-order valence-corrected chi connectivity index (χ0v) is 16.9. The van der Waals surface area contributed by atoms with Crippen LogP contribution in [0.3, 0.4) is 0 Å². The Hall–Kier alpha value is -3.67. The maximum absolute atomic E-state index is 13.3. The standard InChI is InChI=1S/C24H23N3O3/c1-3-14-27-23(29)21(18-10-12-19(13-11-18)25-16(2)28)22(24(27)30)26-15-6-8-17-7-4-5-9-20(17)26/h3-5,7,9-13H,1,6,8,14-15H2,2H3,(H,25,28). The van der Waals surface area contributed by atoms with E-state index in [1.54, 1.807) is 30.3 Å². The van der Waals surface area contributed by atoms with Crippen molar-refractivity contribution in [1.29, 1.82) is 0 Å². The third-order valence-corrected chi connectivity index (χ3v) is 5.33. The molecule has 2 heterocycles. The van der Waals surface area contributed by atoms with Crippen LogP contribution in [0, 0.1) is 0 Å². The molecule has 0 unspecified atom stereocenters. The summed E-state index contributed by atoms with van der Waals surface area (Å²) in [4.78, 5) is 41.1. The molecular weight excluding hydrogens is 378 g/mol. The number of amides is 3. The summed E-state index contributed by atoms with van der Waals surface area (Å²) < 4.78 is 0. The highest BCUT2D eigenvalue weighted by atomic mass is 16.2. The topological polar surface area (TPSA) is 69.7 Å². The maximum atomic E-state index is 13.3. The molecule has 0 spiro atoms. The Morgan fingerprint density at radius 1 is 1.10 bits per heavy atom. The van der Waals surface area contributed by atoms with Crippen LogP contribution < -0.4 is 10.2 Å². The van der Waals surface area contributed by atoms with Gasteiger partial charge in [0.1, 0.15) is 5.70 Å². The zero-order valence-electron chi connectivity index (χ0n) is 16.9. The van der Waals surface area contributed by atoms with Gasteiger partial charge in [-0.1, -0.05) is 36.4 Å². The van der Waals surface area contributed by atoms with Crippen molar-refractivity contribution in [3.05, 3.63) is 78.0 Å². The van der Waals surface area contributed by atoms with Crippen LogP contribution in [0.15, 0.2) is 66.9 Å². The molecule has 0 saturated carbocycles. The lowest BCUT2D eigenvalue weighted by Gasteiger charge is -2.32. The van der Waals surface area contributed by atoms with Gasteiger partial charge in [0, 0.05) is 31.4 Å². The van der Waals surface area contributed by atoms with Crippen molar-refractivity contribution in [2.75, 3.05) is 23.3 Å². The summed E-state index contributed by atoms with van der Waals surface area (Å²) in [6.07, 6.45) is 3.40. The molecule has 152 valence electrons. The fourth-order valence-electron chi connectivity index (χ4n) is 4.06. The van der Waals surface area contributed by atoms with Crippen LogP contribution >= 0.6 is 0 Å². The van der Waals surface area contributed by atoms with Gasteiger partial charge in [0.15, 0.2) is 0 Å². The first kappa shape index (κ1) is 19.6. The summed E-state index contributed by atoms with van der Waals surface area (Å²) in [6, 6.07) is 15.0. The number of aryl methyl sites for hydroxylation is 1. The third-order valence-electron chi connectivity index (χ3n) is 5.33. The van der Waals surface area contributed by atoms with Crippen LogP contribution in [-0.2, 0) is 20.8 Å². The van der Waals surface area contributed by atoms with Gasteiger partial charge in [0.05, 0.1) is 5.57 Å². The molecular formula is C24H23N3O3. The van der Waals surface area contributed by atoms with Crippen molar-refractivity contribution in [2.45, 2.75) is 19.8 Å². The van der Waals surface area contributed by atoms with Crippen LogP contribution in [0.4, 0.5) is 11.4 Å². The molecule has 0 fully saturated rings.